The van der Waals surface area contributed by atoms with Gasteiger partial charge in [0.05, 0.1) is 12.5 Å². The molecule has 1 fully saturated rings. The fourth-order valence-corrected chi connectivity index (χ4v) is 1.54. The molecule has 1 saturated heterocycles. The Balaban J connectivity index is 2.53. The van der Waals surface area contributed by atoms with E-state index in [1.165, 1.54) is 0 Å². The number of Topliss-reactive ketones (excluding diaryl/α,β-unsaturated/α-hetero) is 1. The van der Waals surface area contributed by atoms with Crippen molar-refractivity contribution in [1.82, 2.24) is 4.90 Å². The lowest BCUT2D eigenvalue weighted by Crippen LogP contribution is -2.28. The molecule has 0 amide bonds. The molecule has 1 unspecified atom stereocenters. The third kappa shape index (κ3) is 2.91. The summed E-state index contributed by atoms with van der Waals surface area (Å²) in [6, 6.07) is 0.743. The van der Waals surface area contributed by atoms with E-state index in [0.717, 1.165) is 6.54 Å². The van der Waals surface area contributed by atoms with E-state index in [1.807, 2.05) is 20.1 Å². The molecule has 0 aromatic carbocycles. The molecule has 0 radical (unpaired) electrons. The monoisotopic (exact) mass is 196 g/mol. The van der Waals surface area contributed by atoms with Crippen LogP contribution in [0, 0.1) is 5.92 Å². The fraction of sp³-hybridized carbons (Fsp3) is 0.818. The molecule has 3 heteroatoms. The third-order valence-electron chi connectivity index (χ3n) is 2.50. The number of hydrogen-bond donors (Lipinski definition) is 0. The van der Waals surface area contributed by atoms with Gasteiger partial charge in [-0.05, 0) is 27.7 Å². The summed E-state index contributed by atoms with van der Waals surface area (Å²) in [5.74, 6) is 0.336. The number of rotatable bonds is 3. The summed E-state index contributed by atoms with van der Waals surface area (Å²) in [4.78, 5) is 18.0. The first kappa shape index (κ1) is 11.4. The average Bonchev–Trinajstić information content (AvgIpc) is 2.43. The minimum absolute atomic E-state index is 0.0276. The van der Waals surface area contributed by atoms with Crippen LogP contribution in [0.1, 0.15) is 27.7 Å². The van der Waals surface area contributed by atoms with E-state index in [2.05, 4.69) is 23.7 Å². The van der Waals surface area contributed by atoms with Crippen molar-refractivity contribution in [2.75, 3.05) is 13.1 Å². The van der Waals surface area contributed by atoms with Crippen molar-refractivity contribution in [3.05, 3.63) is 0 Å². The van der Waals surface area contributed by atoms with Crippen LogP contribution >= 0.6 is 0 Å². The maximum Gasteiger partial charge on any atom is 0.156 e. The van der Waals surface area contributed by atoms with E-state index in [1.54, 1.807) is 0 Å². The minimum Gasteiger partial charge on any atom is -0.297 e. The molecular weight excluding hydrogens is 176 g/mol. The number of carbonyl (C=O) groups is 1. The highest BCUT2D eigenvalue weighted by atomic mass is 16.1. The molecule has 1 atom stereocenters. The highest BCUT2D eigenvalue weighted by Crippen LogP contribution is 2.13. The van der Waals surface area contributed by atoms with Gasteiger partial charge in [-0.2, -0.15) is 0 Å². The number of nitrogens with zero attached hydrogens (tertiary/aromatic N) is 2. The van der Waals surface area contributed by atoms with Gasteiger partial charge in [-0.3, -0.25) is 14.7 Å². The first-order valence-corrected chi connectivity index (χ1v) is 5.30. The maximum atomic E-state index is 11.6. The van der Waals surface area contributed by atoms with E-state index < -0.39 is 0 Å². The molecule has 14 heavy (non-hydrogen) atoms. The fourth-order valence-electron chi connectivity index (χ4n) is 1.54. The molecule has 0 aromatic rings. The summed E-state index contributed by atoms with van der Waals surface area (Å²) in [5.41, 5.74) is 0. The summed E-state index contributed by atoms with van der Waals surface area (Å²) in [7, 11) is 0. The van der Waals surface area contributed by atoms with Gasteiger partial charge in [-0.25, -0.2) is 0 Å². The topological polar surface area (TPSA) is 32.7 Å². The number of aliphatic imine (C=N–C) groups is 1. The summed E-state index contributed by atoms with van der Waals surface area (Å²) in [6.45, 7) is 9.72. The lowest BCUT2D eigenvalue weighted by Gasteiger charge is -2.18. The molecule has 0 N–H and O–H groups in total. The van der Waals surface area contributed by atoms with Crippen molar-refractivity contribution in [3.8, 4) is 0 Å². The van der Waals surface area contributed by atoms with Crippen LogP contribution in [-0.4, -0.2) is 42.1 Å². The number of carbonyl (C=O) groups excluding carboxylic acids is 1. The van der Waals surface area contributed by atoms with Gasteiger partial charge in [-0.1, -0.05) is 0 Å². The van der Waals surface area contributed by atoms with Crippen LogP contribution < -0.4 is 0 Å². The summed E-state index contributed by atoms with van der Waals surface area (Å²) in [6.07, 6.45) is 1.83. The Bertz CT molecular complexity index is 233. The standard InChI is InChI=1S/C11H20N2O/c1-8(2)12-5-10-6-13(9(3)4)7-11(10)14/h5,8-10H,6-7H2,1-4H3. The Labute approximate surface area is 86.2 Å². The number of hydrogen-bond acceptors (Lipinski definition) is 3. The molecule has 1 aliphatic rings. The van der Waals surface area contributed by atoms with Gasteiger partial charge in [0.25, 0.3) is 0 Å². The Kier molecular flexibility index (Phi) is 3.81. The Hall–Kier alpha value is -0.700. The van der Waals surface area contributed by atoms with E-state index in [0.29, 0.717) is 18.4 Å². The largest absolute Gasteiger partial charge is 0.297 e. The summed E-state index contributed by atoms with van der Waals surface area (Å²) < 4.78 is 0. The van der Waals surface area contributed by atoms with E-state index in [4.69, 9.17) is 0 Å². The van der Waals surface area contributed by atoms with Gasteiger partial charge < -0.3 is 0 Å². The molecule has 0 spiro atoms. The molecule has 1 heterocycles. The van der Waals surface area contributed by atoms with Crippen LogP contribution in [0.15, 0.2) is 4.99 Å². The van der Waals surface area contributed by atoms with Gasteiger partial charge in [0.2, 0.25) is 0 Å². The lowest BCUT2D eigenvalue weighted by atomic mass is 10.1. The van der Waals surface area contributed by atoms with Crippen LogP contribution in [0.25, 0.3) is 0 Å². The molecular formula is C11H20N2O. The van der Waals surface area contributed by atoms with E-state index in [9.17, 15) is 4.79 Å². The zero-order valence-electron chi connectivity index (χ0n) is 9.53. The average molecular weight is 196 g/mol. The zero-order valence-corrected chi connectivity index (χ0v) is 9.53. The molecule has 80 valence electrons. The molecule has 0 saturated carbocycles. The molecule has 0 aromatic heterocycles. The Morgan fingerprint density at radius 3 is 2.50 bits per heavy atom. The smallest absolute Gasteiger partial charge is 0.156 e. The van der Waals surface area contributed by atoms with Crippen LogP contribution in [0.2, 0.25) is 0 Å². The second-order valence-electron chi connectivity index (χ2n) is 4.49. The minimum atomic E-state index is 0.0276. The predicted molar refractivity (Wildman–Crippen MR) is 58.8 cm³/mol. The Morgan fingerprint density at radius 2 is 2.07 bits per heavy atom. The van der Waals surface area contributed by atoms with Gasteiger partial charge in [0.15, 0.2) is 5.78 Å². The van der Waals surface area contributed by atoms with Crippen molar-refractivity contribution in [1.29, 1.82) is 0 Å². The molecule has 3 nitrogen and oxygen atoms in total. The molecule has 1 rings (SSSR count). The first-order valence-electron chi connectivity index (χ1n) is 5.30. The van der Waals surface area contributed by atoms with Gasteiger partial charge in [0.1, 0.15) is 0 Å². The van der Waals surface area contributed by atoms with Crippen molar-refractivity contribution in [2.45, 2.75) is 39.8 Å². The highest BCUT2D eigenvalue weighted by molar-refractivity contribution is 5.98. The maximum absolute atomic E-state index is 11.6. The highest BCUT2D eigenvalue weighted by Gasteiger charge is 2.30. The van der Waals surface area contributed by atoms with Gasteiger partial charge >= 0.3 is 0 Å². The van der Waals surface area contributed by atoms with Crippen LogP contribution in [-0.2, 0) is 4.79 Å². The molecule has 0 bridgehead atoms. The number of ketones is 1. The number of likely N-dealkylation sites (tertiary alicyclic amines) is 1. The van der Waals surface area contributed by atoms with Crippen LogP contribution in [0.3, 0.4) is 0 Å². The van der Waals surface area contributed by atoms with Gasteiger partial charge in [-0.15, -0.1) is 0 Å². The lowest BCUT2D eigenvalue weighted by molar-refractivity contribution is -0.118. The van der Waals surface area contributed by atoms with Crippen molar-refractivity contribution in [3.63, 3.8) is 0 Å². The molecule has 0 aliphatic carbocycles. The SMILES string of the molecule is CC(C)N=CC1CN(C(C)C)CC1=O. The Morgan fingerprint density at radius 1 is 1.43 bits per heavy atom. The van der Waals surface area contributed by atoms with E-state index in [-0.39, 0.29) is 12.0 Å². The second-order valence-corrected chi connectivity index (χ2v) is 4.49. The van der Waals surface area contributed by atoms with Gasteiger partial charge in [0, 0.05) is 24.8 Å². The molecule has 1 aliphatic heterocycles. The van der Waals surface area contributed by atoms with Crippen molar-refractivity contribution >= 4 is 12.0 Å². The van der Waals surface area contributed by atoms with Crippen molar-refractivity contribution < 1.29 is 4.79 Å². The third-order valence-corrected chi connectivity index (χ3v) is 2.50. The quantitative estimate of drug-likeness (QED) is 0.639. The predicted octanol–water partition coefficient (Wildman–Crippen LogP) is 1.37. The van der Waals surface area contributed by atoms with Crippen molar-refractivity contribution in [2.24, 2.45) is 10.9 Å². The normalized spacial score (nSPS) is 24.7. The zero-order chi connectivity index (χ0) is 10.7. The second kappa shape index (κ2) is 4.69. The van der Waals surface area contributed by atoms with E-state index >= 15 is 0 Å². The first-order chi connectivity index (χ1) is 6.50. The summed E-state index contributed by atoms with van der Waals surface area (Å²) >= 11 is 0. The summed E-state index contributed by atoms with van der Waals surface area (Å²) in [5, 5.41) is 0. The van der Waals surface area contributed by atoms with Crippen LogP contribution in [0.5, 0.6) is 0 Å². The van der Waals surface area contributed by atoms with Crippen LogP contribution in [0.4, 0.5) is 0 Å².